The van der Waals surface area contributed by atoms with Crippen LogP contribution >= 0.6 is 11.8 Å². The van der Waals surface area contributed by atoms with Crippen molar-refractivity contribution in [2.75, 3.05) is 0 Å². The van der Waals surface area contributed by atoms with E-state index in [-0.39, 0.29) is 5.75 Å². The second-order valence-electron chi connectivity index (χ2n) is 3.96. The molecule has 0 unspecified atom stereocenters. The molecule has 0 saturated carbocycles. The molecule has 1 heterocycles. The number of hydrogen-bond donors (Lipinski definition) is 1. The predicted octanol–water partition coefficient (Wildman–Crippen LogP) is 4.09. The SMILES string of the molecule is Oc1cncc2ccc(Sc3ccccc3)cc12. The topological polar surface area (TPSA) is 33.1 Å². The summed E-state index contributed by atoms with van der Waals surface area (Å²) < 4.78 is 0. The molecule has 1 N–H and O–H groups in total. The van der Waals surface area contributed by atoms with Gasteiger partial charge in [0.05, 0.1) is 6.20 Å². The Kier molecular flexibility index (Phi) is 2.90. The van der Waals surface area contributed by atoms with E-state index in [1.807, 2.05) is 36.4 Å². The second kappa shape index (κ2) is 4.70. The van der Waals surface area contributed by atoms with E-state index in [9.17, 15) is 5.11 Å². The second-order valence-corrected chi connectivity index (χ2v) is 5.10. The number of nitrogens with zero attached hydrogens (tertiary/aromatic N) is 1. The Morgan fingerprint density at radius 2 is 1.72 bits per heavy atom. The molecular formula is C15H11NOS. The molecule has 3 rings (SSSR count). The van der Waals surface area contributed by atoms with Gasteiger partial charge in [0.2, 0.25) is 0 Å². The van der Waals surface area contributed by atoms with Gasteiger partial charge in [-0.25, -0.2) is 0 Å². The molecule has 18 heavy (non-hydrogen) atoms. The van der Waals surface area contributed by atoms with Gasteiger partial charge >= 0.3 is 0 Å². The highest BCUT2D eigenvalue weighted by Gasteiger charge is 2.02. The fourth-order valence-corrected chi connectivity index (χ4v) is 2.69. The first-order chi connectivity index (χ1) is 8.83. The van der Waals surface area contributed by atoms with Gasteiger partial charge in [-0.05, 0) is 24.3 Å². The van der Waals surface area contributed by atoms with Crippen molar-refractivity contribution in [1.82, 2.24) is 4.98 Å². The molecule has 2 aromatic carbocycles. The Hall–Kier alpha value is -2.00. The number of fused-ring (bicyclic) bond motifs is 1. The number of benzene rings is 2. The van der Waals surface area contributed by atoms with Gasteiger partial charge in [0.15, 0.2) is 0 Å². The highest BCUT2D eigenvalue weighted by atomic mass is 32.2. The molecule has 3 aromatic rings. The maximum atomic E-state index is 9.79. The first-order valence-corrected chi connectivity index (χ1v) is 6.44. The molecule has 0 atom stereocenters. The van der Waals surface area contributed by atoms with Crippen LogP contribution in [-0.2, 0) is 0 Å². The maximum Gasteiger partial charge on any atom is 0.141 e. The van der Waals surface area contributed by atoms with E-state index in [0.29, 0.717) is 0 Å². The van der Waals surface area contributed by atoms with Crippen LogP contribution in [0.4, 0.5) is 0 Å². The van der Waals surface area contributed by atoms with E-state index >= 15 is 0 Å². The number of pyridine rings is 1. The van der Waals surface area contributed by atoms with Crippen LogP contribution in [0.1, 0.15) is 0 Å². The van der Waals surface area contributed by atoms with Crippen molar-refractivity contribution < 1.29 is 5.11 Å². The minimum absolute atomic E-state index is 0.225. The molecule has 0 radical (unpaired) electrons. The summed E-state index contributed by atoms with van der Waals surface area (Å²) >= 11 is 1.68. The van der Waals surface area contributed by atoms with Gasteiger partial charge in [0, 0.05) is 26.8 Å². The largest absolute Gasteiger partial charge is 0.506 e. The lowest BCUT2D eigenvalue weighted by molar-refractivity contribution is 0.479. The first kappa shape index (κ1) is 11.1. The van der Waals surface area contributed by atoms with Crippen molar-refractivity contribution in [3.63, 3.8) is 0 Å². The zero-order valence-corrected chi connectivity index (χ0v) is 10.4. The lowest BCUT2D eigenvalue weighted by Crippen LogP contribution is -1.79. The average Bonchev–Trinajstić information content (AvgIpc) is 2.41. The molecule has 0 spiro atoms. The van der Waals surface area contributed by atoms with Crippen LogP contribution in [0.3, 0.4) is 0 Å². The molecule has 0 fully saturated rings. The van der Waals surface area contributed by atoms with Gasteiger partial charge in [-0.15, -0.1) is 0 Å². The van der Waals surface area contributed by atoms with E-state index in [1.165, 1.54) is 11.1 Å². The Morgan fingerprint density at radius 3 is 2.56 bits per heavy atom. The third kappa shape index (κ3) is 2.17. The highest BCUT2D eigenvalue weighted by molar-refractivity contribution is 7.99. The van der Waals surface area contributed by atoms with Gasteiger partial charge < -0.3 is 5.11 Å². The summed E-state index contributed by atoms with van der Waals surface area (Å²) in [5.74, 6) is 0.225. The van der Waals surface area contributed by atoms with Crippen LogP contribution in [-0.4, -0.2) is 10.1 Å². The van der Waals surface area contributed by atoms with E-state index in [0.717, 1.165) is 15.7 Å². The van der Waals surface area contributed by atoms with Gasteiger partial charge in [-0.1, -0.05) is 36.0 Å². The van der Waals surface area contributed by atoms with Crippen LogP contribution < -0.4 is 0 Å². The number of aromatic nitrogens is 1. The molecule has 88 valence electrons. The van der Waals surface area contributed by atoms with E-state index in [1.54, 1.807) is 18.0 Å². The molecule has 0 aliphatic carbocycles. The third-order valence-electron chi connectivity index (χ3n) is 2.69. The van der Waals surface area contributed by atoms with Crippen LogP contribution in [0.25, 0.3) is 10.8 Å². The molecule has 0 aliphatic rings. The van der Waals surface area contributed by atoms with Gasteiger partial charge in [0.1, 0.15) is 5.75 Å². The summed E-state index contributed by atoms with van der Waals surface area (Å²) in [6, 6.07) is 16.2. The lowest BCUT2D eigenvalue weighted by atomic mass is 10.2. The minimum atomic E-state index is 0.225. The summed E-state index contributed by atoms with van der Waals surface area (Å²) in [6.45, 7) is 0. The van der Waals surface area contributed by atoms with Gasteiger partial charge in [0.25, 0.3) is 0 Å². The van der Waals surface area contributed by atoms with Crippen molar-refractivity contribution in [3.05, 3.63) is 60.9 Å². The molecule has 2 nitrogen and oxygen atoms in total. The van der Waals surface area contributed by atoms with Gasteiger partial charge in [-0.3, -0.25) is 4.98 Å². The highest BCUT2D eigenvalue weighted by Crippen LogP contribution is 2.32. The third-order valence-corrected chi connectivity index (χ3v) is 3.69. The normalized spacial score (nSPS) is 10.7. The minimum Gasteiger partial charge on any atom is -0.506 e. The molecule has 0 amide bonds. The average molecular weight is 253 g/mol. The van der Waals surface area contributed by atoms with Crippen LogP contribution in [0, 0.1) is 0 Å². The van der Waals surface area contributed by atoms with Crippen molar-refractivity contribution in [2.24, 2.45) is 0 Å². The molecular weight excluding hydrogens is 242 g/mol. The zero-order valence-electron chi connectivity index (χ0n) is 9.58. The van der Waals surface area contributed by atoms with Gasteiger partial charge in [-0.2, -0.15) is 0 Å². The molecule has 0 saturated heterocycles. The lowest BCUT2D eigenvalue weighted by Gasteiger charge is -2.04. The van der Waals surface area contributed by atoms with E-state index in [4.69, 9.17) is 0 Å². The molecule has 0 aliphatic heterocycles. The van der Waals surface area contributed by atoms with Crippen LogP contribution in [0.15, 0.2) is 70.7 Å². The Bertz CT molecular complexity index is 682. The van der Waals surface area contributed by atoms with Crippen LogP contribution in [0.2, 0.25) is 0 Å². The summed E-state index contributed by atoms with van der Waals surface area (Å²) in [7, 11) is 0. The zero-order chi connectivity index (χ0) is 12.4. The first-order valence-electron chi connectivity index (χ1n) is 5.62. The fourth-order valence-electron chi connectivity index (χ4n) is 1.82. The van der Waals surface area contributed by atoms with E-state index in [2.05, 4.69) is 17.1 Å². The standard InChI is InChI=1S/C15H11NOS/c17-15-10-16-9-11-6-7-13(8-14(11)15)18-12-4-2-1-3-5-12/h1-10,17H. The van der Waals surface area contributed by atoms with E-state index < -0.39 is 0 Å². The molecule has 1 aromatic heterocycles. The molecule has 0 bridgehead atoms. The van der Waals surface area contributed by atoms with Crippen molar-refractivity contribution in [1.29, 1.82) is 0 Å². The fraction of sp³-hybridized carbons (Fsp3) is 0. The predicted molar refractivity (Wildman–Crippen MR) is 74.0 cm³/mol. The Labute approximate surface area is 109 Å². The Balaban J connectivity index is 2.01. The summed E-state index contributed by atoms with van der Waals surface area (Å²) in [5.41, 5.74) is 0. The number of aromatic hydroxyl groups is 1. The Morgan fingerprint density at radius 1 is 0.889 bits per heavy atom. The van der Waals surface area contributed by atoms with Crippen molar-refractivity contribution in [3.8, 4) is 5.75 Å². The maximum absolute atomic E-state index is 9.79. The number of rotatable bonds is 2. The summed E-state index contributed by atoms with van der Waals surface area (Å²) in [6.07, 6.45) is 3.23. The quantitative estimate of drug-likeness (QED) is 0.746. The van der Waals surface area contributed by atoms with Crippen LogP contribution in [0.5, 0.6) is 5.75 Å². The summed E-state index contributed by atoms with van der Waals surface area (Å²) in [4.78, 5) is 6.26. The monoisotopic (exact) mass is 253 g/mol. The number of hydrogen-bond acceptors (Lipinski definition) is 3. The smallest absolute Gasteiger partial charge is 0.141 e. The summed E-state index contributed by atoms with van der Waals surface area (Å²) in [5, 5.41) is 11.6. The molecule has 3 heteroatoms. The van der Waals surface area contributed by atoms with Crippen molar-refractivity contribution in [2.45, 2.75) is 9.79 Å². The van der Waals surface area contributed by atoms with Crippen molar-refractivity contribution >= 4 is 22.5 Å².